The Morgan fingerprint density at radius 3 is 3.00 bits per heavy atom. The predicted molar refractivity (Wildman–Crippen MR) is 78.4 cm³/mol. The molecule has 0 saturated carbocycles. The maximum absolute atomic E-state index is 10.8. The molecule has 0 N–H and O–H groups in total. The predicted octanol–water partition coefficient (Wildman–Crippen LogP) is 3.46. The Labute approximate surface area is 113 Å². The summed E-state index contributed by atoms with van der Waals surface area (Å²) in [6.45, 7) is 1.99. The molecule has 0 unspecified atom stereocenters. The fraction of sp³-hybridized carbons (Fsp3) is 0.176. The van der Waals surface area contributed by atoms with Gasteiger partial charge in [0.1, 0.15) is 6.29 Å². The van der Waals surface area contributed by atoms with Gasteiger partial charge in [-0.05, 0) is 31.4 Å². The first-order valence-corrected chi connectivity index (χ1v) is 6.26. The number of aliphatic imine (C=N–C) groups is 1. The Morgan fingerprint density at radius 2 is 2.16 bits per heavy atom. The molecule has 94 valence electrons. The van der Waals surface area contributed by atoms with E-state index in [0.717, 1.165) is 35.8 Å². The maximum atomic E-state index is 10.8. The van der Waals surface area contributed by atoms with E-state index >= 15 is 0 Å². The summed E-state index contributed by atoms with van der Waals surface area (Å²) in [4.78, 5) is 14.9. The van der Waals surface area contributed by atoms with Crippen molar-refractivity contribution in [1.29, 1.82) is 0 Å². The molecule has 1 aromatic carbocycles. The smallest absolute Gasteiger partial charge is 0.150 e. The summed E-state index contributed by atoms with van der Waals surface area (Å²) < 4.78 is 0. The molecule has 0 bridgehead atoms. The van der Waals surface area contributed by atoms with Gasteiger partial charge < -0.3 is 0 Å². The van der Waals surface area contributed by atoms with Crippen molar-refractivity contribution in [1.82, 2.24) is 0 Å². The Bertz CT molecular complexity index is 624. The SMILES string of the molecule is Cc1ccc(C=O)cc1C#CC1=CCC/C=C/N=C1. The molecule has 0 amide bonds. The van der Waals surface area contributed by atoms with Gasteiger partial charge in [0.05, 0.1) is 0 Å². The van der Waals surface area contributed by atoms with Crippen molar-refractivity contribution in [3.05, 3.63) is 58.8 Å². The largest absolute Gasteiger partial charge is 0.298 e. The normalized spacial score (nSPS) is 15.5. The van der Waals surface area contributed by atoms with Gasteiger partial charge in [-0.25, -0.2) is 0 Å². The lowest BCUT2D eigenvalue weighted by Crippen LogP contribution is -1.88. The third kappa shape index (κ3) is 3.79. The highest BCUT2D eigenvalue weighted by molar-refractivity contribution is 5.85. The van der Waals surface area contributed by atoms with Gasteiger partial charge in [0, 0.05) is 29.1 Å². The lowest BCUT2D eigenvalue weighted by atomic mass is 10.1. The number of rotatable bonds is 1. The number of allylic oxidation sites excluding steroid dienone is 3. The van der Waals surface area contributed by atoms with E-state index < -0.39 is 0 Å². The highest BCUT2D eigenvalue weighted by atomic mass is 16.1. The first-order valence-electron chi connectivity index (χ1n) is 6.26. The molecule has 19 heavy (non-hydrogen) atoms. The van der Waals surface area contributed by atoms with Gasteiger partial charge in [-0.3, -0.25) is 9.79 Å². The molecule has 1 heterocycles. The number of carbonyl (C=O) groups excluding carboxylic acids is 1. The van der Waals surface area contributed by atoms with Crippen molar-refractivity contribution in [2.75, 3.05) is 0 Å². The minimum atomic E-state index is 0.651. The molecule has 1 aromatic rings. The number of aryl methyl sites for hydroxylation is 1. The van der Waals surface area contributed by atoms with Crippen LogP contribution in [-0.4, -0.2) is 12.5 Å². The van der Waals surface area contributed by atoms with Crippen LogP contribution in [0.4, 0.5) is 0 Å². The van der Waals surface area contributed by atoms with Crippen molar-refractivity contribution in [2.45, 2.75) is 19.8 Å². The molecule has 0 spiro atoms. The fourth-order valence-corrected chi connectivity index (χ4v) is 1.72. The topological polar surface area (TPSA) is 29.4 Å². The zero-order valence-electron chi connectivity index (χ0n) is 10.9. The van der Waals surface area contributed by atoms with Crippen LogP contribution in [0.2, 0.25) is 0 Å². The average molecular weight is 249 g/mol. The number of carbonyl (C=O) groups is 1. The van der Waals surface area contributed by atoms with E-state index in [4.69, 9.17) is 0 Å². The Kier molecular flexibility index (Phi) is 4.47. The molecule has 2 heteroatoms. The molecule has 0 fully saturated rings. The van der Waals surface area contributed by atoms with Crippen LogP contribution >= 0.6 is 0 Å². The molecule has 2 rings (SSSR count). The zero-order chi connectivity index (χ0) is 13.5. The summed E-state index contributed by atoms with van der Waals surface area (Å²) in [6.07, 6.45) is 10.5. The Morgan fingerprint density at radius 1 is 1.26 bits per heavy atom. The molecule has 1 aliphatic rings. The maximum Gasteiger partial charge on any atom is 0.150 e. The van der Waals surface area contributed by atoms with E-state index in [9.17, 15) is 4.79 Å². The number of aldehydes is 1. The van der Waals surface area contributed by atoms with Crippen molar-refractivity contribution < 1.29 is 4.79 Å². The van der Waals surface area contributed by atoms with Gasteiger partial charge in [0.25, 0.3) is 0 Å². The van der Waals surface area contributed by atoms with Crippen molar-refractivity contribution in [3.8, 4) is 11.8 Å². The summed E-state index contributed by atoms with van der Waals surface area (Å²) >= 11 is 0. The summed E-state index contributed by atoms with van der Waals surface area (Å²) in [7, 11) is 0. The van der Waals surface area contributed by atoms with Crippen molar-refractivity contribution >= 4 is 12.5 Å². The van der Waals surface area contributed by atoms with Gasteiger partial charge in [-0.2, -0.15) is 0 Å². The average Bonchev–Trinajstić information content (AvgIpc) is 2.39. The monoisotopic (exact) mass is 249 g/mol. The lowest BCUT2D eigenvalue weighted by molar-refractivity contribution is 0.112. The molecule has 0 aromatic heterocycles. The van der Waals surface area contributed by atoms with Crippen LogP contribution in [0, 0.1) is 18.8 Å². The van der Waals surface area contributed by atoms with E-state index in [1.54, 1.807) is 18.5 Å². The van der Waals surface area contributed by atoms with Gasteiger partial charge in [0.2, 0.25) is 0 Å². The van der Waals surface area contributed by atoms with Crippen LogP contribution < -0.4 is 0 Å². The Balaban J connectivity index is 2.28. The van der Waals surface area contributed by atoms with E-state index in [-0.39, 0.29) is 0 Å². The quantitative estimate of drug-likeness (QED) is 0.553. The van der Waals surface area contributed by atoms with Gasteiger partial charge >= 0.3 is 0 Å². The van der Waals surface area contributed by atoms with Crippen LogP contribution in [0.5, 0.6) is 0 Å². The van der Waals surface area contributed by atoms with Crippen LogP contribution in [0.1, 0.15) is 34.3 Å². The summed E-state index contributed by atoms with van der Waals surface area (Å²) in [5.41, 5.74) is 3.52. The molecule has 0 atom stereocenters. The molecule has 1 aliphatic heterocycles. The number of benzene rings is 1. The second-order valence-corrected chi connectivity index (χ2v) is 4.34. The molecule has 0 saturated heterocycles. The second-order valence-electron chi connectivity index (χ2n) is 4.34. The molecular weight excluding hydrogens is 234 g/mol. The van der Waals surface area contributed by atoms with Crippen LogP contribution in [0.15, 0.2) is 47.1 Å². The summed E-state index contributed by atoms with van der Waals surface area (Å²) in [5.74, 6) is 6.22. The number of nitrogens with zero attached hydrogens (tertiary/aromatic N) is 1. The van der Waals surface area contributed by atoms with Gasteiger partial charge in [0.15, 0.2) is 0 Å². The number of hydrogen-bond acceptors (Lipinski definition) is 2. The zero-order valence-corrected chi connectivity index (χ0v) is 10.9. The van der Waals surface area contributed by atoms with Crippen LogP contribution in [0.25, 0.3) is 0 Å². The highest BCUT2D eigenvalue weighted by Gasteiger charge is 1.97. The van der Waals surface area contributed by atoms with Crippen molar-refractivity contribution in [2.24, 2.45) is 4.99 Å². The summed E-state index contributed by atoms with van der Waals surface area (Å²) in [6, 6.07) is 5.53. The van der Waals surface area contributed by atoms with Gasteiger partial charge in [-0.15, -0.1) is 0 Å². The lowest BCUT2D eigenvalue weighted by Gasteiger charge is -1.99. The van der Waals surface area contributed by atoms with E-state index in [1.807, 2.05) is 25.1 Å². The third-order valence-electron chi connectivity index (χ3n) is 2.84. The first-order chi connectivity index (χ1) is 9.29. The summed E-state index contributed by atoms with van der Waals surface area (Å²) in [5, 5.41) is 0. The molecule has 0 aliphatic carbocycles. The van der Waals surface area contributed by atoms with E-state index in [2.05, 4.69) is 22.9 Å². The molecule has 2 nitrogen and oxygen atoms in total. The standard InChI is InChI=1S/C17H15NO/c1-14-6-7-16(13-19)11-17(14)9-8-15-5-3-2-4-10-18-12-15/h4-7,10-13H,2-3H2,1H3/b10-4+,15-5?,18-12?. The first kappa shape index (κ1) is 13.0. The van der Waals surface area contributed by atoms with Crippen LogP contribution in [0.3, 0.4) is 0 Å². The van der Waals surface area contributed by atoms with E-state index in [1.165, 1.54) is 0 Å². The Hall–Kier alpha value is -2.40. The minimum absolute atomic E-state index is 0.651. The highest BCUT2D eigenvalue weighted by Crippen LogP contribution is 2.09. The van der Waals surface area contributed by atoms with Crippen molar-refractivity contribution in [3.63, 3.8) is 0 Å². The number of hydrogen-bond donors (Lipinski definition) is 0. The fourth-order valence-electron chi connectivity index (χ4n) is 1.72. The van der Waals surface area contributed by atoms with Crippen LogP contribution in [-0.2, 0) is 0 Å². The molecule has 0 radical (unpaired) electrons. The minimum Gasteiger partial charge on any atom is -0.298 e. The van der Waals surface area contributed by atoms with Gasteiger partial charge in [-0.1, -0.05) is 36.1 Å². The molecular formula is C17H15NO. The second kappa shape index (κ2) is 6.51. The third-order valence-corrected chi connectivity index (χ3v) is 2.84. The van der Waals surface area contributed by atoms with E-state index in [0.29, 0.717) is 5.56 Å².